The number of rotatable bonds is 5. The minimum Gasteiger partial charge on any atom is -0.378 e. The summed E-state index contributed by atoms with van der Waals surface area (Å²) in [5, 5.41) is 9.21. The first-order valence-electron chi connectivity index (χ1n) is 8.05. The van der Waals surface area contributed by atoms with Gasteiger partial charge in [0.1, 0.15) is 12.1 Å². The van der Waals surface area contributed by atoms with Gasteiger partial charge in [0.05, 0.1) is 23.9 Å². The zero-order chi connectivity index (χ0) is 16.8. The van der Waals surface area contributed by atoms with Crippen LogP contribution in [-0.2, 0) is 17.9 Å². The summed E-state index contributed by atoms with van der Waals surface area (Å²) in [6, 6.07) is 12.1. The van der Waals surface area contributed by atoms with Crippen LogP contribution in [0.25, 0.3) is 0 Å². The molecule has 6 nitrogen and oxygen atoms in total. The Hall–Kier alpha value is -2.49. The van der Waals surface area contributed by atoms with Crippen molar-refractivity contribution in [2.45, 2.75) is 13.2 Å². The minimum atomic E-state index is 0.500. The number of ether oxygens (including phenoxy) is 1. The second-order valence-corrected chi connectivity index (χ2v) is 5.83. The predicted molar refractivity (Wildman–Crippen MR) is 91.4 cm³/mol. The van der Waals surface area contributed by atoms with Crippen molar-refractivity contribution in [1.82, 2.24) is 14.9 Å². The molecular formula is C18H21N5O. The Morgan fingerprint density at radius 2 is 1.96 bits per heavy atom. The van der Waals surface area contributed by atoms with Crippen LogP contribution < -0.4 is 4.90 Å². The fraction of sp³-hybridized carbons (Fsp3) is 0.389. The molecule has 0 N–H and O–H groups in total. The standard InChI is InChI=1S/C18H21N5O/c1-24-13-17-10-18(21-14-20-17)23-8-6-22(7-9-23)12-16-5-3-2-4-15(16)11-19/h2-5,10,14H,6-9,12-13H2,1H3. The van der Waals surface area contributed by atoms with Gasteiger partial charge in [-0.2, -0.15) is 5.26 Å². The number of nitriles is 1. The van der Waals surface area contributed by atoms with Crippen LogP contribution in [0.4, 0.5) is 5.82 Å². The Morgan fingerprint density at radius 3 is 2.71 bits per heavy atom. The molecule has 0 spiro atoms. The van der Waals surface area contributed by atoms with Crippen molar-refractivity contribution in [1.29, 1.82) is 5.26 Å². The number of methoxy groups -OCH3 is 1. The summed E-state index contributed by atoms with van der Waals surface area (Å²) in [6.45, 7) is 5.04. The minimum absolute atomic E-state index is 0.500. The number of aromatic nitrogens is 2. The van der Waals surface area contributed by atoms with Crippen LogP contribution in [0.2, 0.25) is 0 Å². The first kappa shape index (κ1) is 16.4. The Bertz CT molecular complexity index is 719. The molecule has 124 valence electrons. The van der Waals surface area contributed by atoms with Crippen LogP contribution in [-0.4, -0.2) is 48.2 Å². The van der Waals surface area contributed by atoms with Crippen molar-refractivity contribution in [2.75, 3.05) is 38.2 Å². The largest absolute Gasteiger partial charge is 0.378 e. The molecule has 2 aromatic rings. The molecule has 1 aliphatic rings. The van der Waals surface area contributed by atoms with E-state index in [-0.39, 0.29) is 0 Å². The van der Waals surface area contributed by atoms with Gasteiger partial charge in [-0.15, -0.1) is 0 Å². The second kappa shape index (κ2) is 7.86. The van der Waals surface area contributed by atoms with Crippen LogP contribution in [0.15, 0.2) is 36.7 Å². The number of hydrogen-bond acceptors (Lipinski definition) is 6. The van der Waals surface area contributed by atoms with Gasteiger partial charge >= 0.3 is 0 Å². The van der Waals surface area contributed by atoms with Crippen molar-refractivity contribution in [2.24, 2.45) is 0 Å². The highest BCUT2D eigenvalue weighted by Crippen LogP contribution is 2.17. The zero-order valence-electron chi connectivity index (χ0n) is 13.9. The molecule has 0 amide bonds. The Labute approximate surface area is 142 Å². The third kappa shape index (κ3) is 3.88. The lowest BCUT2D eigenvalue weighted by Crippen LogP contribution is -2.46. The lowest BCUT2D eigenvalue weighted by Gasteiger charge is -2.35. The quantitative estimate of drug-likeness (QED) is 0.836. The molecule has 24 heavy (non-hydrogen) atoms. The number of piperazine rings is 1. The van der Waals surface area contributed by atoms with Gasteiger partial charge < -0.3 is 9.64 Å². The third-order valence-corrected chi connectivity index (χ3v) is 4.23. The van der Waals surface area contributed by atoms with E-state index in [0.717, 1.165) is 55.4 Å². The summed E-state index contributed by atoms with van der Waals surface area (Å²) in [7, 11) is 1.67. The molecule has 1 aliphatic heterocycles. The summed E-state index contributed by atoms with van der Waals surface area (Å²) in [6.07, 6.45) is 1.60. The van der Waals surface area contributed by atoms with Crippen LogP contribution >= 0.6 is 0 Å². The molecule has 0 bridgehead atoms. The first-order valence-corrected chi connectivity index (χ1v) is 8.05. The third-order valence-electron chi connectivity index (χ3n) is 4.23. The Balaban J connectivity index is 1.60. The predicted octanol–water partition coefficient (Wildman–Crippen LogP) is 1.82. The number of benzene rings is 1. The van der Waals surface area contributed by atoms with E-state index in [4.69, 9.17) is 4.74 Å². The SMILES string of the molecule is COCc1cc(N2CCN(Cc3ccccc3C#N)CC2)ncn1. The van der Waals surface area contributed by atoms with E-state index in [2.05, 4.69) is 25.8 Å². The van der Waals surface area contributed by atoms with Crippen LogP contribution in [0.1, 0.15) is 16.8 Å². The van der Waals surface area contributed by atoms with Crippen molar-refractivity contribution < 1.29 is 4.74 Å². The molecule has 1 fully saturated rings. The topological polar surface area (TPSA) is 65.3 Å². The van der Waals surface area contributed by atoms with Crippen LogP contribution in [0.3, 0.4) is 0 Å². The number of hydrogen-bond donors (Lipinski definition) is 0. The van der Waals surface area contributed by atoms with Crippen molar-refractivity contribution in [3.05, 3.63) is 53.5 Å². The van der Waals surface area contributed by atoms with Crippen molar-refractivity contribution in [3.63, 3.8) is 0 Å². The molecule has 0 radical (unpaired) electrons. The van der Waals surface area contributed by atoms with E-state index in [1.165, 1.54) is 0 Å². The van der Waals surface area contributed by atoms with E-state index >= 15 is 0 Å². The maximum Gasteiger partial charge on any atom is 0.132 e. The van der Waals surface area contributed by atoms with E-state index in [0.29, 0.717) is 6.61 Å². The molecule has 1 saturated heterocycles. The summed E-state index contributed by atoms with van der Waals surface area (Å²) >= 11 is 0. The Morgan fingerprint density at radius 1 is 1.17 bits per heavy atom. The molecule has 1 aromatic carbocycles. The highest BCUT2D eigenvalue weighted by atomic mass is 16.5. The van der Waals surface area contributed by atoms with E-state index < -0.39 is 0 Å². The lowest BCUT2D eigenvalue weighted by molar-refractivity contribution is 0.181. The molecular weight excluding hydrogens is 302 g/mol. The van der Waals surface area contributed by atoms with Gasteiger partial charge in [0.2, 0.25) is 0 Å². The highest BCUT2D eigenvalue weighted by molar-refractivity contribution is 5.40. The van der Waals surface area contributed by atoms with Gasteiger partial charge in [-0.05, 0) is 11.6 Å². The van der Waals surface area contributed by atoms with Crippen LogP contribution in [0, 0.1) is 11.3 Å². The summed E-state index contributed by atoms with van der Waals surface area (Å²) in [5.74, 6) is 0.953. The molecule has 0 saturated carbocycles. The fourth-order valence-corrected chi connectivity index (χ4v) is 2.93. The molecule has 2 heterocycles. The highest BCUT2D eigenvalue weighted by Gasteiger charge is 2.19. The summed E-state index contributed by atoms with van der Waals surface area (Å²) in [4.78, 5) is 13.2. The van der Waals surface area contributed by atoms with Gasteiger partial charge in [-0.25, -0.2) is 9.97 Å². The van der Waals surface area contributed by atoms with Gasteiger partial charge in [0.25, 0.3) is 0 Å². The number of anilines is 1. The van der Waals surface area contributed by atoms with E-state index in [9.17, 15) is 5.26 Å². The van der Waals surface area contributed by atoms with Gasteiger partial charge in [0, 0.05) is 45.9 Å². The summed E-state index contributed by atoms with van der Waals surface area (Å²) in [5.41, 5.74) is 2.76. The van der Waals surface area contributed by atoms with Crippen molar-refractivity contribution >= 4 is 5.82 Å². The zero-order valence-corrected chi connectivity index (χ0v) is 13.9. The molecule has 0 aliphatic carbocycles. The van der Waals surface area contributed by atoms with Crippen LogP contribution in [0.5, 0.6) is 0 Å². The molecule has 0 unspecified atom stereocenters. The van der Waals surface area contributed by atoms with Gasteiger partial charge in [0.15, 0.2) is 0 Å². The maximum atomic E-state index is 9.21. The lowest BCUT2D eigenvalue weighted by atomic mass is 10.1. The van der Waals surface area contributed by atoms with E-state index in [1.807, 2.05) is 30.3 Å². The maximum absolute atomic E-state index is 9.21. The monoisotopic (exact) mass is 323 g/mol. The Kier molecular flexibility index (Phi) is 5.36. The smallest absolute Gasteiger partial charge is 0.132 e. The second-order valence-electron chi connectivity index (χ2n) is 5.83. The summed E-state index contributed by atoms with van der Waals surface area (Å²) < 4.78 is 5.13. The molecule has 6 heteroatoms. The molecule has 3 rings (SSSR count). The fourth-order valence-electron chi connectivity index (χ4n) is 2.93. The first-order chi connectivity index (χ1) is 11.8. The normalized spacial score (nSPS) is 15.2. The van der Waals surface area contributed by atoms with E-state index in [1.54, 1.807) is 13.4 Å². The van der Waals surface area contributed by atoms with Crippen molar-refractivity contribution in [3.8, 4) is 6.07 Å². The van der Waals surface area contributed by atoms with Gasteiger partial charge in [-0.1, -0.05) is 18.2 Å². The average Bonchev–Trinajstić information content (AvgIpc) is 2.63. The molecule has 0 atom stereocenters. The molecule has 1 aromatic heterocycles. The average molecular weight is 323 g/mol. The number of nitrogens with zero attached hydrogens (tertiary/aromatic N) is 5. The van der Waals surface area contributed by atoms with Gasteiger partial charge in [-0.3, -0.25) is 4.90 Å².